The van der Waals surface area contributed by atoms with E-state index in [1.54, 1.807) is 0 Å². The van der Waals surface area contributed by atoms with Crippen molar-refractivity contribution in [2.75, 3.05) is 20.1 Å². The number of hydrogen-bond acceptors (Lipinski definition) is 2. The standard InChI is InChI=1S/C14H28N2/c1-11(2)12-5-4-6-13(9-12)16(3)14-7-8-15-10-14/h11-15H,4-10H2,1-3H3. The van der Waals surface area contributed by atoms with Crippen molar-refractivity contribution in [1.82, 2.24) is 10.2 Å². The molecule has 2 fully saturated rings. The highest BCUT2D eigenvalue weighted by atomic mass is 15.2. The van der Waals surface area contributed by atoms with Gasteiger partial charge in [0.05, 0.1) is 0 Å². The first kappa shape index (κ1) is 12.4. The van der Waals surface area contributed by atoms with Crippen molar-refractivity contribution in [3.8, 4) is 0 Å². The third-order valence-corrected chi connectivity index (χ3v) is 4.82. The van der Waals surface area contributed by atoms with Gasteiger partial charge in [-0.25, -0.2) is 0 Å². The van der Waals surface area contributed by atoms with Gasteiger partial charge in [0.2, 0.25) is 0 Å². The van der Waals surface area contributed by atoms with E-state index in [1.807, 2.05) is 0 Å². The first-order chi connectivity index (χ1) is 7.68. The molecule has 0 radical (unpaired) electrons. The molecule has 2 nitrogen and oxygen atoms in total. The fourth-order valence-electron chi connectivity index (χ4n) is 3.46. The van der Waals surface area contributed by atoms with Crippen molar-refractivity contribution in [2.24, 2.45) is 11.8 Å². The molecule has 0 aromatic rings. The second-order valence-corrected chi connectivity index (χ2v) is 6.14. The Morgan fingerprint density at radius 3 is 2.56 bits per heavy atom. The van der Waals surface area contributed by atoms with E-state index in [9.17, 15) is 0 Å². The van der Waals surface area contributed by atoms with Gasteiger partial charge >= 0.3 is 0 Å². The zero-order chi connectivity index (χ0) is 11.5. The molecule has 94 valence electrons. The van der Waals surface area contributed by atoms with E-state index in [-0.39, 0.29) is 0 Å². The molecule has 16 heavy (non-hydrogen) atoms. The average molecular weight is 224 g/mol. The molecular formula is C14H28N2. The summed E-state index contributed by atoms with van der Waals surface area (Å²) in [6, 6.07) is 1.65. The van der Waals surface area contributed by atoms with Crippen molar-refractivity contribution >= 4 is 0 Å². The number of rotatable bonds is 3. The first-order valence-corrected chi connectivity index (χ1v) is 7.11. The largest absolute Gasteiger partial charge is 0.315 e. The lowest BCUT2D eigenvalue weighted by molar-refractivity contribution is 0.107. The predicted octanol–water partition coefficient (Wildman–Crippen LogP) is 2.49. The maximum Gasteiger partial charge on any atom is 0.0232 e. The van der Waals surface area contributed by atoms with Crippen LogP contribution in [-0.2, 0) is 0 Å². The Hall–Kier alpha value is -0.0800. The minimum atomic E-state index is 0.802. The van der Waals surface area contributed by atoms with Gasteiger partial charge in [-0.2, -0.15) is 0 Å². The van der Waals surface area contributed by atoms with Gasteiger partial charge in [0.15, 0.2) is 0 Å². The summed E-state index contributed by atoms with van der Waals surface area (Å²) in [6.45, 7) is 7.21. The molecule has 0 spiro atoms. The third-order valence-electron chi connectivity index (χ3n) is 4.82. The first-order valence-electron chi connectivity index (χ1n) is 7.11. The van der Waals surface area contributed by atoms with Gasteiger partial charge in [-0.15, -0.1) is 0 Å². The lowest BCUT2D eigenvalue weighted by Gasteiger charge is -2.39. The van der Waals surface area contributed by atoms with E-state index in [0.29, 0.717) is 0 Å². The average Bonchev–Trinajstić information content (AvgIpc) is 2.81. The summed E-state index contributed by atoms with van der Waals surface area (Å²) in [5, 5.41) is 3.48. The van der Waals surface area contributed by atoms with E-state index in [4.69, 9.17) is 0 Å². The van der Waals surface area contributed by atoms with Gasteiger partial charge in [-0.1, -0.05) is 26.7 Å². The molecule has 1 saturated heterocycles. The summed E-state index contributed by atoms with van der Waals surface area (Å²) >= 11 is 0. The topological polar surface area (TPSA) is 15.3 Å². The highest BCUT2D eigenvalue weighted by molar-refractivity contribution is 4.87. The normalized spacial score (nSPS) is 36.2. The number of likely N-dealkylation sites (N-methyl/N-ethyl adjacent to an activating group) is 1. The van der Waals surface area contributed by atoms with Gasteiger partial charge in [0.1, 0.15) is 0 Å². The maximum atomic E-state index is 3.48. The van der Waals surface area contributed by atoms with Gasteiger partial charge in [-0.05, 0) is 44.7 Å². The van der Waals surface area contributed by atoms with Crippen LogP contribution in [0.4, 0.5) is 0 Å². The lowest BCUT2D eigenvalue weighted by Crippen LogP contribution is -2.44. The minimum Gasteiger partial charge on any atom is -0.315 e. The van der Waals surface area contributed by atoms with Crippen LogP contribution in [0, 0.1) is 11.8 Å². The van der Waals surface area contributed by atoms with Crippen molar-refractivity contribution in [2.45, 2.75) is 58.0 Å². The molecule has 3 atom stereocenters. The van der Waals surface area contributed by atoms with Crippen molar-refractivity contribution in [3.05, 3.63) is 0 Å². The van der Waals surface area contributed by atoms with Crippen LogP contribution >= 0.6 is 0 Å². The monoisotopic (exact) mass is 224 g/mol. The van der Waals surface area contributed by atoms with Crippen LogP contribution in [0.25, 0.3) is 0 Å². The van der Waals surface area contributed by atoms with Gasteiger partial charge < -0.3 is 5.32 Å². The molecule has 0 amide bonds. The quantitative estimate of drug-likeness (QED) is 0.792. The predicted molar refractivity (Wildman–Crippen MR) is 69.6 cm³/mol. The van der Waals surface area contributed by atoms with Crippen LogP contribution in [0.5, 0.6) is 0 Å². The highest BCUT2D eigenvalue weighted by Crippen LogP contribution is 2.33. The Balaban J connectivity index is 1.87. The summed E-state index contributed by atoms with van der Waals surface area (Å²) in [4.78, 5) is 2.68. The summed E-state index contributed by atoms with van der Waals surface area (Å²) in [7, 11) is 2.35. The minimum absolute atomic E-state index is 0.802. The lowest BCUT2D eigenvalue weighted by atomic mass is 9.78. The van der Waals surface area contributed by atoms with Crippen LogP contribution in [0.15, 0.2) is 0 Å². The molecular weight excluding hydrogens is 196 g/mol. The van der Waals surface area contributed by atoms with E-state index >= 15 is 0 Å². The molecule has 1 saturated carbocycles. The van der Waals surface area contributed by atoms with Gasteiger partial charge in [-0.3, -0.25) is 4.90 Å². The van der Waals surface area contributed by atoms with Gasteiger partial charge in [0, 0.05) is 18.6 Å². The Bertz CT molecular complexity index is 209. The van der Waals surface area contributed by atoms with Crippen molar-refractivity contribution in [1.29, 1.82) is 0 Å². The molecule has 0 aromatic carbocycles. The molecule has 2 heteroatoms. The zero-order valence-electron chi connectivity index (χ0n) is 11.2. The van der Waals surface area contributed by atoms with E-state index in [2.05, 4.69) is 31.1 Å². The molecule has 0 aromatic heterocycles. The fraction of sp³-hybridized carbons (Fsp3) is 1.00. The molecule has 1 N–H and O–H groups in total. The smallest absolute Gasteiger partial charge is 0.0232 e. The van der Waals surface area contributed by atoms with Crippen LogP contribution in [-0.4, -0.2) is 37.1 Å². The van der Waals surface area contributed by atoms with Crippen LogP contribution in [0.2, 0.25) is 0 Å². The van der Waals surface area contributed by atoms with E-state index in [1.165, 1.54) is 45.2 Å². The van der Waals surface area contributed by atoms with E-state index < -0.39 is 0 Å². The maximum absolute atomic E-state index is 3.48. The van der Waals surface area contributed by atoms with Crippen molar-refractivity contribution < 1.29 is 0 Å². The molecule has 1 heterocycles. The second-order valence-electron chi connectivity index (χ2n) is 6.14. The Kier molecular flexibility index (Phi) is 4.26. The number of nitrogens with zero attached hydrogens (tertiary/aromatic N) is 1. The molecule has 0 bridgehead atoms. The van der Waals surface area contributed by atoms with Crippen LogP contribution in [0.3, 0.4) is 0 Å². The summed E-state index contributed by atoms with van der Waals surface area (Å²) < 4.78 is 0. The molecule has 1 aliphatic heterocycles. The highest BCUT2D eigenvalue weighted by Gasteiger charge is 2.30. The van der Waals surface area contributed by atoms with E-state index in [0.717, 1.165) is 23.9 Å². The Morgan fingerprint density at radius 1 is 1.12 bits per heavy atom. The summed E-state index contributed by atoms with van der Waals surface area (Å²) in [6.07, 6.45) is 7.11. The van der Waals surface area contributed by atoms with Crippen molar-refractivity contribution in [3.63, 3.8) is 0 Å². The van der Waals surface area contributed by atoms with Crippen LogP contribution in [0.1, 0.15) is 46.0 Å². The number of hydrogen-bond donors (Lipinski definition) is 1. The molecule has 2 aliphatic rings. The Labute approximate surface area is 101 Å². The van der Waals surface area contributed by atoms with Gasteiger partial charge in [0.25, 0.3) is 0 Å². The Morgan fingerprint density at radius 2 is 1.94 bits per heavy atom. The SMILES string of the molecule is CC(C)C1CCCC(N(C)C2CCNC2)C1. The summed E-state index contributed by atoms with van der Waals surface area (Å²) in [5.41, 5.74) is 0. The zero-order valence-corrected chi connectivity index (χ0v) is 11.2. The fourth-order valence-corrected chi connectivity index (χ4v) is 3.46. The summed E-state index contributed by atoms with van der Waals surface area (Å²) in [5.74, 6) is 1.84. The second kappa shape index (κ2) is 5.50. The van der Waals surface area contributed by atoms with Crippen LogP contribution < -0.4 is 5.32 Å². The third kappa shape index (κ3) is 2.78. The number of nitrogens with one attached hydrogen (secondary N) is 1. The molecule has 3 unspecified atom stereocenters. The molecule has 1 aliphatic carbocycles. The molecule has 2 rings (SSSR count).